The maximum atomic E-state index is 12.3. The van der Waals surface area contributed by atoms with E-state index in [0.29, 0.717) is 0 Å². The SMILES string of the molecule is COC(=O)/C(=C\OCc1ccccc1)OS(=O)(=O)c1ccc(C)cc1. The molecule has 0 bridgehead atoms. The highest BCUT2D eigenvalue weighted by Crippen LogP contribution is 2.17. The van der Waals surface area contributed by atoms with Gasteiger partial charge in [0.05, 0.1) is 7.11 Å². The average molecular weight is 362 g/mol. The molecule has 0 aliphatic heterocycles. The van der Waals surface area contributed by atoms with E-state index in [4.69, 9.17) is 8.92 Å². The number of aryl methyl sites for hydroxylation is 1. The quantitative estimate of drug-likeness (QED) is 0.326. The average Bonchev–Trinajstić information content (AvgIpc) is 2.61. The second-order valence-corrected chi connectivity index (χ2v) is 6.67. The lowest BCUT2D eigenvalue weighted by molar-refractivity contribution is -0.138. The van der Waals surface area contributed by atoms with Gasteiger partial charge in [0.25, 0.3) is 5.76 Å². The molecule has 0 aliphatic carbocycles. The Bertz CT molecular complexity index is 839. The summed E-state index contributed by atoms with van der Waals surface area (Å²) in [4.78, 5) is 11.7. The summed E-state index contributed by atoms with van der Waals surface area (Å²) in [5.74, 6) is -1.51. The highest BCUT2D eigenvalue weighted by Gasteiger charge is 2.23. The fourth-order valence-corrected chi connectivity index (χ4v) is 2.77. The Labute approximate surface area is 146 Å². The molecule has 0 fully saturated rings. The minimum Gasteiger partial charge on any atom is -0.492 e. The maximum Gasteiger partial charge on any atom is 0.378 e. The molecule has 0 aromatic heterocycles. The van der Waals surface area contributed by atoms with Crippen molar-refractivity contribution >= 4 is 16.1 Å². The number of hydrogen-bond donors (Lipinski definition) is 0. The highest BCUT2D eigenvalue weighted by molar-refractivity contribution is 7.86. The van der Waals surface area contributed by atoms with E-state index in [1.807, 2.05) is 37.3 Å². The summed E-state index contributed by atoms with van der Waals surface area (Å²) in [7, 11) is -3.06. The molecular formula is C18H18O6S. The number of benzene rings is 2. The van der Waals surface area contributed by atoms with Crippen molar-refractivity contribution in [3.8, 4) is 0 Å². The Morgan fingerprint density at radius 3 is 2.28 bits per heavy atom. The summed E-state index contributed by atoms with van der Waals surface area (Å²) >= 11 is 0. The third kappa shape index (κ3) is 5.36. The van der Waals surface area contributed by atoms with Crippen LogP contribution in [0.25, 0.3) is 0 Å². The highest BCUT2D eigenvalue weighted by atomic mass is 32.2. The minimum absolute atomic E-state index is 0.0732. The summed E-state index contributed by atoms with van der Waals surface area (Å²) < 4.78 is 39.2. The lowest BCUT2D eigenvalue weighted by Gasteiger charge is -2.09. The zero-order chi connectivity index (χ0) is 18.3. The summed E-state index contributed by atoms with van der Waals surface area (Å²) in [6.45, 7) is 1.98. The van der Waals surface area contributed by atoms with Gasteiger partial charge in [-0.25, -0.2) is 4.79 Å². The van der Waals surface area contributed by atoms with E-state index < -0.39 is 21.8 Å². The third-order valence-corrected chi connectivity index (χ3v) is 4.43. The molecule has 2 aromatic rings. The van der Waals surface area contributed by atoms with Crippen LogP contribution in [0.2, 0.25) is 0 Å². The zero-order valence-electron chi connectivity index (χ0n) is 13.8. The molecule has 0 N–H and O–H groups in total. The van der Waals surface area contributed by atoms with Crippen LogP contribution in [0.15, 0.2) is 71.5 Å². The molecule has 0 saturated carbocycles. The lowest BCUT2D eigenvalue weighted by atomic mass is 10.2. The molecule has 2 aromatic carbocycles. The Kier molecular flexibility index (Phi) is 6.19. The molecule has 0 unspecified atom stereocenters. The predicted molar refractivity (Wildman–Crippen MR) is 90.8 cm³/mol. The van der Waals surface area contributed by atoms with Crippen LogP contribution in [0, 0.1) is 6.92 Å². The first kappa shape index (κ1) is 18.5. The van der Waals surface area contributed by atoms with Gasteiger partial charge in [-0.1, -0.05) is 48.0 Å². The van der Waals surface area contributed by atoms with Gasteiger partial charge in [0.1, 0.15) is 17.8 Å². The zero-order valence-corrected chi connectivity index (χ0v) is 14.7. The normalized spacial score (nSPS) is 11.7. The van der Waals surface area contributed by atoms with Crippen molar-refractivity contribution < 1.29 is 26.9 Å². The van der Waals surface area contributed by atoms with E-state index in [9.17, 15) is 13.2 Å². The summed E-state index contributed by atoms with van der Waals surface area (Å²) in [6, 6.07) is 15.2. The smallest absolute Gasteiger partial charge is 0.378 e. The molecule has 7 heteroatoms. The molecule has 2 rings (SSSR count). The van der Waals surface area contributed by atoms with Crippen molar-refractivity contribution in [1.82, 2.24) is 0 Å². The molecule has 0 saturated heterocycles. The van der Waals surface area contributed by atoms with Gasteiger partial charge in [-0.15, -0.1) is 0 Å². The maximum absolute atomic E-state index is 12.3. The second-order valence-electron chi connectivity index (χ2n) is 5.12. The predicted octanol–water partition coefficient (Wildman–Crippen LogP) is 2.93. The molecule has 0 atom stereocenters. The van der Waals surface area contributed by atoms with E-state index in [1.165, 1.54) is 12.1 Å². The van der Waals surface area contributed by atoms with Crippen molar-refractivity contribution in [2.45, 2.75) is 18.4 Å². The molecule has 132 valence electrons. The van der Waals surface area contributed by atoms with Crippen LogP contribution < -0.4 is 0 Å². The Hall–Kier alpha value is -2.80. The van der Waals surface area contributed by atoms with Crippen molar-refractivity contribution in [2.24, 2.45) is 0 Å². The van der Waals surface area contributed by atoms with Gasteiger partial charge in [0, 0.05) is 0 Å². The Morgan fingerprint density at radius 1 is 1.04 bits per heavy atom. The lowest BCUT2D eigenvalue weighted by Crippen LogP contribution is -2.14. The van der Waals surface area contributed by atoms with Crippen LogP contribution in [0.5, 0.6) is 0 Å². The summed E-state index contributed by atoms with van der Waals surface area (Å²) in [5, 5.41) is 0. The van der Waals surface area contributed by atoms with Crippen molar-refractivity contribution in [3.05, 3.63) is 77.7 Å². The van der Waals surface area contributed by atoms with Crippen molar-refractivity contribution in [3.63, 3.8) is 0 Å². The largest absolute Gasteiger partial charge is 0.492 e. The van der Waals surface area contributed by atoms with Crippen LogP contribution in [0.1, 0.15) is 11.1 Å². The van der Waals surface area contributed by atoms with Gasteiger partial charge in [-0.3, -0.25) is 0 Å². The molecule has 0 amide bonds. The van der Waals surface area contributed by atoms with E-state index in [0.717, 1.165) is 24.5 Å². The molecule has 0 radical (unpaired) electrons. The first-order valence-corrected chi connectivity index (χ1v) is 8.78. The molecule has 6 nitrogen and oxygen atoms in total. The number of hydrogen-bond acceptors (Lipinski definition) is 6. The fourth-order valence-electron chi connectivity index (χ4n) is 1.86. The van der Waals surface area contributed by atoms with Gasteiger partial charge in [0.2, 0.25) is 0 Å². The summed E-state index contributed by atoms with van der Waals surface area (Å²) in [5.41, 5.74) is 1.75. The molecule has 0 aliphatic rings. The van der Waals surface area contributed by atoms with Gasteiger partial charge < -0.3 is 13.7 Å². The number of carbonyl (C=O) groups excluding carboxylic acids is 1. The van der Waals surface area contributed by atoms with Crippen molar-refractivity contribution in [1.29, 1.82) is 0 Å². The first-order valence-electron chi connectivity index (χ1n) is 7.37. The second kappa shape index (κ2) is 8.34. The number of methoxy groups -OCH3 is 1. The topological polar surface area (TPSA) is 78.9 Å². The fraction of sp³-hybridized carbons (Fsp3) is 0.167. The van der Waals surface area contributed by atoms with E-state index in [-0.39, 0.29) is 11.5 Å². The van der Waals surface area contributed by atoms with E-state index in [2.05, 4.69) is 4.74 Å². The first-order chi connectivity index (χ1) is 11.9. The number of rotatable bonds is 7. The number of ether oxygens (including phenoxy) is 2. The van der Waals surface area contributed by atoms with Crippen LogP contribution in [-0.4, -0.2) is 21.5 Å². The Balaban J connectivity index is 2.15. The number of carbonyl (C=O) groups is 1. The van der Waals surface area contributed by atoms with E-state index in [1.54, 1.807) is 12.1 Å². The van der Waals surface area contributed by atoms with Gasteiger partial charge in [-0.05, 0) is 24.6 Å². The summed E-state index contributed by atoms with van der Waals surface area (Å²) in [6.07, 6.45) is 0.935. The molecular weight excluding hydrogens is 344 g/mol. The van der Waals surface area contributed by atoms with Gasteiger partial charge >= 0.3 is 16.1 Å². The Morgan fingerprint density at radius 2 is 1.68 bits per heavy atom. The standard InChI is InChI=1S/C18H18O6S/c1-14-8-10-16(11-9-14)25(20,21)24-17(18(19)22-2)13-23-12-15-6-4-3-5-7-15/h3-11,13H,12H2,1-2H3/b17-13+. The van der Waals surface area contributed by atoms with Gasteiger partial charge in [0.15, 0.2) is 0 Å². The molecule has 25 heavy (non-hydrogen) atoms. The van der Waals surface area contributed by atoms with Gasteiger partial charge in [-0.2, -0.15) is 8.42 Å². The van der Waals surface area contributed by atoms with Crippen molar-refractivity contribution in [2.75, 3.05) is 7.11 Å². The third-order valence-electron chi connectivity index (χ3n) is 3.18. The van der Waals surface area contributed by atoms with Crippen LogP contribution in [-0.2, 0) is 35.2 Å². The van der Waals surface area contributed by atoms with E-state index >= 15 is 0 Å². The van der Waals surface area contributed by atoms with Crippen LogP contribution in [0.3, 0.4) is 0 Å². The van der Waals surface area contributed by atoms with Crippen LogP contribution in [0.4, 0.5) is 0 Å². The monoisotopic (exact) mass is 362 g/mol. The molecule has 0 heterocycles. The minimum atomic E-state index is -4.18. The molecule has 0 spiro atoms. The van der Waals surface area contributed by atoms with Crippen LogP contribution >= 0.6 is 0 Å². The number of esters is 1.